The second-order valence-corrected chi connectivity index (χ2v) is 5.67. The number of amidine groups is 1. The Labute approximate surface area is 142 Å². The first-order chi connectivity index (χ1) is 11.7. The highest BCUT2D eigenvalue weighted by Crippen LogP contribution is 2.12. The van der Waals surface area contributed by atoms with Crippen LogP contribution in [0, 0.1) is 0 Å². The summed E-state index contributed by atoms with van der Waals surface area (Å²) < 4.78 is 5.31. The number of piperidine rings is 1. The molecule has 1 aromatic heterocycles. The average molecular weight is 331 g/mol. The molecule has 0 unspecified atom stereocenters. The Bertz CT molecular complexity index is 577. The maximum absolute atomic E-state index is 10.2. The van der Waals surface area contributed by atoms with E-state index in [9.17, 15) is 4.79 Å². The smallest absolute Gasteiger partial charge is 0.213 e. The zero-order chi connectivity index (χ0) is 17.2. The van der Waals surface area contributed by atoms with Crippen molar-refractivity contribution in [3.63, 3.8) is 0 Å². The van der Waals surface area contributed by atoms with Crippen LogP contribution in [0.1, 0.15) is 31.2 Å². The minimum atomic E-state index is 0.335. The van der Waals surface area contributed by atoms with E-state index in [-0.39, 0.29) is 0 Å². The number of hydrogen-bond donors (Lipinski definition) is 2. The zero-order valence-electron chi connectivity index (χ0n) is 13.9. The molecule has 0 saturated carbocycles. The fourth-order valence-electron chi connectivity index (χ4n) is 2.42. The van der Waals surface area contributed by atoms with Crippen LogP contribution in [0.4, 0.5) is 0 Å². The van der Waals surface area contributed by atoms with Crippen LogP contribution in [-0.4, -0.2) is 41.7 Å². The summed E-state index contributed by atoms with van der Waals surface area (Å²) in [6.07, 6.45) is 8.16. The number of hydrogen-bond acceptors (Lipinski definition) is 6. The summed E-state index contributed by atoms with van der Waals surface area (Å²) in [5.74, 6) is 1.57. The van der Waals surface area contributed by atoms with Gasteiger partial charge in [-0.2, -0.15) is 0 Å². The third kappa shape index (κ3) is 5.91. The van der Waals surface area contributed by atoms with Crippen molar-refractivity contribution in [3.8, 4) is 5.88 Å². The molecule has 0 aromatic carbocycles. The van der Waals surface area contributed by atoms with Gasteiger partial charge in [0, 0.05) is 37.8 Å². The fourth-order valence-corrected chi connectivity index (χ4v) is 2.42. The molecule has 130 valence electrons. The van der Waals surface area contributed by atoms with Crippen molar-refractivity contribution < 1.29 is 9.53 Å². The van der Waals surface area contributed by atoms with Gasteiger partial charge in [0.2, 0.25) is 5.88 Å². The Kier molecular flexibility index (Phi) is 7.07. The summed E-state index contributed by atoms with van der Waals surface area (Å²) in [4.78, 5) is 20.9. The van der Waals surface area contributed by atoms with E-state index in [1.807, 2.05) is 6.07 Å². The molecule has 7 nitrogen and oxygen atoms in total. The third-order valence-corrected chi connectivity index (χ3v) is 3.74. The summed E-state index contributed by atoms with van der Waals surface area (Å²) in [6.45, 7) is 2.72. The van der Waals surface area contributed by atoms with Crippen LogP contribution < -0.4 is 16.2 Å². The first kappa shape index (κ1) is 17.8. The van der Waals surface area contributed by atoms with Gasteiger partial charge in [0.1, 0.15) is 17.9 Å². The molecule has 1 aromatic rings. The van der Waals surface area contributed by atoms with E-state index < -0.39 is 0 Å². The molecular formula is C17H25N5O2. The minimum absolute atomic E-state index is 0.335. The average Bonchev–Trinajstić information content (AvgIpc) is 2.62. The van der Waals surface area contributed by atoms with Crippen LogP contribution in [-0.2, 0) is 11.3 Å². The van der Waals surface area contributed by atoms with E-state index in [1.165, 1.54) is 19.3 Å². The molecule has 0 atom stereocenters. The first-order valence-corrected chi connectivity index (χ1v) is 8.22. The number of pyridine rings is 1. The van der Waals surface area contributed by atoms with E-state index in [1.54, 1.807) is 18.3 Å². The number of aromatic nitrogens is 1. The van der Waals surface area contributed by atoms with Gasteiger partial charge in [-0.05, 0) is 24.8 Å². The normalized spacial score (nSPS) is 16.1. The SMILES string of the molecule is NC(/C=C(\N)N1CCCCC1)=NCc1ccc(OCCC=O)nc1. The van der Waals surface area contributed by atoms with Crippen molar-refractivity contribution in [3.05, 3.63) is 35.8 Å². The van der Waals surface area contributed by atoms with Crippen molar-refractivity contribution in [1.82, 2.24) is 9.88 Å². The van der Waals surface area contributed by atoms with Crippen LogP contribution in [0.5, 0.6) is 5.88 Å². The summed E-state index contributed by atoms with van der Waals surface area (Å²) in [6, 6.07) is 3.63. The number of carbonyl (C=O) groups is 1. The van der Waals surface area contributed by atoms with Gasteiger partial charge in [0.05, 0.1) is 13.2 Å². The topological polar surface area (TPSA) is 107 Å². The molecule has 2 heterocycles. The zero-order valence-corrected chi connectivity index (χ0v) is 13.9. The van der Waals surface area contributed by atoms with Gasteiger partial charge < -0.3 is 25.9 Å². The number of nitrogens with zero attached hydrogens (tertiary/aromatic N) is 3. The molecule has 7 heteroatoms. The molecule has 2 rings (SSSR count). The van der Waals surface area contributed by atoms with Gasteiger partial charge in [0.15, 0.2) is 0 Å². The molecule has 0 bridgehead atoms. The third-order valence-electron chi connectivity index (χ3n) is 3.74. The Morgan fingerprint density at radius 3 is 2.75 bits per heavy atom. The lowest BCUT2D eigenvalue weighted by Crippen LogP contribution is -2.33. The predicted molar refractivity (Wildman–Crippen MR) is 93.4 cm³/mol. The van der Waals surface area contributed by atoms with E-state index in [0.29, 0.717) is 37.1 Å². The number of aldehydes is 1. The Hall–Kier alpha value is -2.57. The quantitative estimate of drug-likeness (QED) is 0.321. The van der Waals surface area contributed by atoms with Crippen LogP contribution >= 0.6 is 0 Å². The molecular weight excluding hydrogens is 306 g/mol. The van der Waals surface area contributed by atoms with E-state index >= 15 is 0 Å². The molecule has 1 aliphatic rings. The number of likely N-dealkylation sites (tertiary alicyclic amines) is 1. The standard InChI is InChI=1S/C17H25N5O2/c18-15(11-16(19)22-7-2-1-3-8-22)20-12-14-5-6-17(21-13-14)24-10-4-9-23/h5-6,9,11,13H,1-4,7-8,10,12,19H2,(H2,18,20)/b16-11+. The predicted octanol–water partition coefficient (Wildman–Crippen LogP) is 1.19. The van der Waals surface area contributed by atoms with Gasteiger partial charge >= 0.3 is 0 Å². The summed E-state index contributed by atoms with van der Waals surface area (Å²) in [5, 5.41) is 0. The largest absolute Gasteiger partial charge is 0.477 e. The van der Waals surface area contributed by atoms with Crippen molar-refractivity contribution in [2.24, 2.45) is 16.5 Å². The van der Waals surface area contributed by atoms with E-state index in [0.717, 1.165) is 24.9 Å². The van der Waals surface area contributed by atoms with Crippen LogP contribution in [0.15, 0.2) is 35.2 Å². The number of carbonyl (C=O) groups excluding carboxylic acids is 1. The second-order valence-electron chi connectivity index (χ2n) is 5.67. The number of ether oxygens (including phenoxy) is 1. The maximum Gasteiger partial charge on any atom is 0.213 e. The lowest BCUT2D eigenvalue weighted by molar-refractivity contribution is -0.108. The summed E-state index contributed by atoms with van der Waals surface area (Å²) >= 11 is 0. The number of aliphatic imine (C=N–C) groups is 1. The van der Waals surface area contributed by atoms with Crippen LogP contribution in [0.25, 0.3) is 0 Å². The Morgan fingerprint density at radius 1 is 1.29 bits per heavy atom. The number of rotatable bonds is 8. The van der Waals surface area contributed by atoms with Crippen LogP contribution in [0.3, 0.4) is 0 Å². The van der Waals surface area contributed by atoms with Gasteiger partial charge in [-0.1, -0.05) is 6.07 Å². The van der Waals surface area contributed by atoms with Gasteiger partial charge in [0.25, 0.3) is 0 Å². The van der Waals surface area contributed by atoms with Gasteiger partial charge in [-0.15, -0.1) is 0 Å². The van der Waals surface area contributed by atoms with Crippen molar-refractivity contribution in [1.29, 1.82) is 0 Å². The lowest BCUT2D eigenvalue weighted by Gasteiger charge is -2.28. The monoisotopic (exact) mass is 331 g/mol. The molecule has 1 aliphatic heterocycles. The van der Waals surface area contributed by atoms with Crippen molar-refractivity contribution >= 4 is 12.1 Å². The van der Waals surface area contributed by atoms with E-state index in [4.69, 9.17) is 16.2 Å². The lowest BCUT2D eigenvalue weighted by atomic mass is 10.1. The van der Waals surface area contributed by atoms with Crippen molar-refractivity contribution in [2.75, 3.05) is 19.7 Å². The molecule has 0 radical (unpaired) electrons. The fraction of sp³-hybridized carbons (Fsp3) is 0.471. The molecule has 1 fully saturated rings. The number of nitrogens with two attached hydrogens (primary N) is 2. The highest BCUT2D eigenvalue weighted by molar-refractivity contribution is 5.91. The molecule has 0 amide bonds. The van der Waals surface area contributed by atoms with E-state index in [2.05, 4.69) is 14.9 Å². The highest BCUT2D eigenvalue weighted by Gasteiger charge is 2.10. The van der Waals surface area contributed by atoms with Gasteiger partial charge in [-0.25, -0.2) is 4.98 Å². The molecule has 0 aliphatic carbocycles. The van der Waals surface area contributed by atoms with Gasteiger partial charge in [-0.3, -0.25) is 4.99 Å². The summed E-state index contributed by atoms with van der Waals surface area (Å²) in [5.41, 5.74) is 12.9. The summed E-state index contributed by atoms with van der Waals surface area (Å²) in [7, 11) is 0. The molecule has 24 heavy (non-hydrogen) atoms. The Morgan fingerprint density at radius 2 is 2.08 bits per heavy atom. The van der Waals surface area contributed by atoms with Crippen LogP contribution in [0.2, 0.25) is 0 Å². The molecule has 1 saturated heterocycles. The Balaban J connectivity index is 1.85. The molecule has 4 N–H and O–H groups in total. The molecule has 0 spiro atoms. The maximum atomic E-state index is 10.2. The minimum Gasteiger partial charge on any atom is -0.477 e. The highest BCUT2D eigenvalue weighted by atomic mass is 16.5. The van der Waals surface area contributed by atoms with Crippen molar-refractivity contribution in [2.45, 2.75) is 32.2 Å². The second kappa shape index (κ2) is 9.54. The first-order valence-electron chi connectivity index (χ1n) is 8.22.